The van der Waals surface area contributed by atoms with Gasteiger partial charge in [-0.1, -0.05) is 23.7 Å². The van der Waals surface area contributed by atoms with Crippen LogP contribution in [-0.2, 0) is 9.53 Å². The van der Waals surface area contributed by atoms with E-state index in [0.717, 1.165) is 5.39 Å². The average molecular weight is 282 g/mol. The lowest BCUT2D eigenvalue weighted by Gasteiger charge is -2.07. The maximum atomic E-state index is 11.9. The van der Waals surface area contributed by atoms with Gasteiger partial charge in [-0.15, -0.1) is 0 Å². The van der Waals surface area contributed by atoms with Crippen molar-refractivity contribution in [3.63, 3.8) is 0 Å². The van der Waals surface area contributed by atoms with Crippen LogP contribution in [0.3, 0.4) is 0 Å². The van der Waals surface area contributed by atoms with Crippen LogP contribution in [0.15, 0.2) is 22.6 Å². The number of halogens is 1. The first-order valence-corrected chi connectivity index (χ1v) is 5.97. The summed E-state index contributed by atoms with van der Waals surface area (Å²) in [6, 6.07) is 5.21. The summed E-state index contributed by atoms with van der Waals surface area (Å²) in [6.07, 6.45) is -1.02. The largest absolute Gasteiger partial charge is 0.447 e. The molecule has 1 amide bonds. The van der Waals surface area contributed by atoms with Gasteiger partial charge in [0.2, 0.25) is 5.76 Å². The van der Waals surface area contributed by atoms with Crippen molar-refractivity contribution in [2.75, 3.05) is 0 Å². The molecule has 1 atom stereocenters. The smallest absolute Gasteiger partial charge is 0.375 e. The summed E-state index contributed by atoms with van der Waals surface area (Å²) in [5.41, 5.74) is 6.06. The summed E-state index contributed by atoms with van der Waals surface area (Å²) >= 11 is 5.98. The van der Waals surface area contributed by atoms with Crippen molar-refractivity contribution in [2.45, 2.75) is 20.0 Å². The van der Waals surface area contributed by atoms with Crippen molar-refractivity contribution >= 4 is 34.4 Å². The van der Waals surface area contributed by atoms with Gasteiger partial charge in [0.05, 0.1) is 5.02 Å². The van der Waals surface area contributed by atoms with Crippen LogP contribution in [0.5, 0.6) is 0 Å². The number of furan rings is 1. The summed E-state index contributed by atoms with van der Waals surface area (Å²) in [4.78, 5) is 22.8. The first-order valence-electron chi connectivity index (χ1n) is 5.59. The second kappa shape index (κ2) is 4.93. The summed E-state index contributed by atoms with van der Waals surface area (Å²) in [7, 11) is 0. The van der Waals surface area contributed by atoms with E-state index in [4.69, 9.17) is 26.5 Å². The fourth-order valence-electron chi connectivity index (χ4n) is 1.68. The molecule has 0 aliphatic rings. The molecule has 100 valence electrons. The van der Waals surface area contributed by atoms with Gasteiger partial charge < -0.3 is 14.9 Å². The number of amides is 1. The van der Waals surface area contributed by atoms with E-state index >= 15 is 0 Å². The molecule has 2 rings (SSSR count). The second-order valence-electron chi connectivity index (χ2n) is 4.12. The average Bonchev–Trinajstić information content (AvgIpc) is 2.68. The lowest BCUT2D eigenvalue weighted by atomic mass is 10.1. The molecule has 1 aromatic carbocycles. The van der Waals surface area contributed by atoms with E-state index in [-0.39, 0.29) is 5.76 Å². The normalized spacial score (nSPS) is 12.4. The first kappa shape index (κ1) is 13.4. The molecule has 0 bridgehead atoms. The summed E-state index contributed by atoms with van der Waals surface area (Å²) in [6.45, 7) is 3.11. The van der Waals surface area contributed by atoms with Gasteiger partial charge in [0.1, 0.15) is 0 Å². The molecule has 6 heteroatoms. The quantitative estimate of drug-likeness (QED) is 0.876. The minimum Gasteiger partial charge on any atom is -0.447 e. The van der Waals surface area contributed by atoms with E-state index in [1.54, 1.807) is 25.1 Å². The van der Waals surface area contributed by atoms with Crippen LogP contribution >= 0.6 is 11.6 Å². The minimum atomic E-state index is -1.02. The Morgan fingerprint density at radius 1 is 1.42 bits per heavy atom. The van der Waals surface area contributed by atoms with Crippen molar-refractivity contribution < 1.29 is 18.7 Å². The molecule has 2 aromatic rings. The molecule has 0 aliphatic heterocycles. The van der Waals surface area contributed by atoms with Crippen LogP contribution in [0.2, 0.25) is 5.02 Å². The molecule has 1 aromatic heterocycles. The molecule has 0 radical (unpaired) electrons. The van der Waals surface area contributed by atoms with Gasteiger partial charge in [0.25, 0.3) is 5.91 Å². The number of aryl methyl sites for hydroxylation is 1. The number of hydrogen-bond donors (Lipinski definition) is 1. The fourth-order valence-corrected chi connectivity index (χ4v) is 1.89. The number of carbonyl (C=O) groups excluding carboxylic acids is 2. The van der Waals surface area contributed by atoms with Crippen LogP contribution < -0.4 is 5.73 Å². The number of fused-ring (bicyclic) bond motifs is 1. The van der Waals surface area contributed by atoms with Gasteiger partial charge in [-0.3, -0.25) is 4.79 Å². The highest BCUT2D eigenvalue weighted by Crippen LogP contribution is 2.31. The Kier molecular flexibility index (Phi) is 3.48. The van der Waals surface area contributed by atoms with Crippen LogP contribution in [0.4, 0.5) is 0 Å². The van der Waals surface area contributed by atoms with E-state index in [1.807, 2.05) is 0 Å². The molecule has 2 N–H and O–H groups in total. The zero-order chi connectivity index (χ0) is 14.2. The van der Waals surface area contributed by atoms with Crippen molar-refractivity contribution in [3.05, 3.63) is 34.5 Å². The predicted molar refractivity (Wildman–Crippen MR) is 70.0 cm³/mol. The first-order chi connectivity index (χ1) is 8.91. The van der Waals surface area contributed by atoms with Gasteiger partial charge in [0.15, 0.2) is 11.7 Å². The lowest BCUT2D eigenvalue weighted by molar-refractivity contribution is -0.125. The van der Waals surface area contributed by atoms with Crippen molar-refractivity contribution in [1.29, 1.82) is 0 Å². The minimum absolute atomic E-state index is 0.0243. The van der Waals surface area contributed by atoms with Crippen molar-refractivity contribution in [2.24, 2.45) is 5.73 Å². The molecule has 0 aliphatic carbocycles. The Morgan fingerprint density at radius 3 is 2.68 bits per heavy atom. The van der Waals surface area contributed by atoms with Crippen LogP contribution in [0, 0.1) is 6.92 Å². The summed E-state index contributed by atoms with van der Waals surface area (Å²) < 4.78 is 10.3. The SMILES string of the molecule is Cc1c(C(=O)O[C@H](C)C(N)=O)oc2c(Cl)cccc12. The Labute approximate surface area is 114 Å². The van der Waals surface area contributed by atoms with E-state index in [9.17, 15) is 9.59 Å². The third-order valence-corrected chi connectivity index (χ3v) is 3.08. The number of carbonyl (C=O) groups is 2. The Balaban J connectivity index is 2.41. The van der Waals surface area contributed by atoms with Crippen molar-refractivity contribution in [3.8, 4) is 0 Å². The highest BCUT2D eigenvalue weighted by molar-refractivity contribution is 6.35. The highest BCUT2D eigenvalue weighted by Gasteiger charge is 2.23. The molecule has 19 heavy (non-hydrogen) atoms. The molecule has 1 heterocycles. The number of ether oxygens (including phenoxy) is 1. The Bertz CT molecular complexity index is 662. The predicted octanol–water partition coefficient (Wildman–Crippen LogP) is 2.43. The second-order valence-corrected chi connectivity index (χ2v) is 4.53. The Hall–Kier alpha value is -2.01. The van der Waals surface area contributed by atoms with Gasteiger partial charge in [-0.2, -0.15) is 0 Å². The highest BCUT2D eigenvalue weighted by atomic mass is 35.5. The maximum Gasteiger partial charge on any atom is 0.375 e. The number of nitrogens with two attached hydrogens (primary N) is 1. The third-order valence-electron chi connectivity index (χ3n) is 2.79. The van der Waals surface area contributed by atoms with Crippen LogP contribution in [0.25, 0.3) is 11.0 Å². The lowest BCUT2D eigenvalue weighted by Crippen LogP contribution is -2.30. The van der Waals surface area contributed by atoms with Gasteiger partial charge in [0, 0.05) is 10.9 Å². The van der Waals surface area contributed by atoms with Crippen LogP contribution in [0.1, 0.15) is 23.0 Å². The number of para-hydroxylation sites is 1. The molecule has 0 saturated carbocycles. The monoisotopic (exact) mass is 281 g/mol. The molecule has 0 saturated heterocycles. The van der Waals surface area contributed by atoms with Crippen LogP contribution in [-0.4, -0.2) is 18.0 Å². The fraction of sp³-hybridized carbons (Fsp3) is 0.231. The molecule has 0 fully saturated rings. The number of rotatable bonds is 3. The number of hydrogen-bond acceptors (Lipinski definition) is 4. The maximum absolute atomic E-state index is 11.9. The zero-order valence-corrected chi connectivity index (χ0v) is 11.2. The number of esters is 1. The van der Waals surface area contributed by atoms with E-state index in [1.165, 1.54) is 6.92 Å². The van der Waals surface area contributed by atoms with E-state index in [0.29, 0.717) is 16.2 Å². The zero-order valence-electron chi connectivity index (χ0n) is 10.4. The molecular weight excluding hydrogens is 270 g/mol. The Morgan fingerprint density at radius 2 is 2.11 bits per heavy atom. The summed E-state index contributed by atoms with van der Waals surface area (Å²) in [5.74, 6) is -1.44. The molecular formula is C13H12ClNO4. The molecule has 0 unspecified atom stereocenters. The topological polar surface area (TPSA) is 82.5 Å². The number of benzene rings is 1. The van der Waals surface area contributed by atoms with Gasteiger partial charge >= 0.3 is 5.97 Å². The standard InChI is InChI=1S/C13H12ClNO4/c1-6-8-4-3-5-9(14)11(8)19-10(6)13(17)18-7(2)12(15)16/h3-5,7H,1-2H3,(H2,15,16)/t7-/m1/s1. The molecule has 5 nitrogen and oxygen atoms in total. The van der Waals surface area contributed by atoms with Gasteiger partial charge in [-0.25, -0.2) is 4.79 Å². The van der Waals surface area contributed by atoms with E-state index in [2.05, 4.69) is 0 Å². The molecule has 0 spiro atoms. The van der Waals surface area contributed by atoms with E-state index < -0.39 is 18.0 Å². The summed E-state index contributed by atoms with van der Waals surface area (Å²) in [5, 5.41) is 1.13. The van der Waals surface area contributed by atoms with Gasteiger partial charge in [-0.05, 0) is 19.9 Å². The van der Waals surface area contributed by atoms with Crippen molar-refractivity contribution in [1.82, 2.24) is 0 Å². The number of primary amides is 1. The third kappa shape index (κ3) is 2.42.